The van der Waals surface area contributed by atoms with E-state index in [1.807, 2.05) is 6.07 Å². The van der Waals surface area contributed by atoms with Gasteiger partial charge in [0.2, 0.25) is 0 Å². The summed E-state index contributed by atoms with van der Waals surface area (Å²) in [5.41, 5.74) is 0.356. The van der Waals surface area contributed by atoms with Gasteiger partial charge in [-0.2, -0.15) is 8.78 Å². The van der Waals surface area contributed by atoms with Crippen molar-refractivity contribution in [3.63, 3.8) is 0 Å². The quantitative estimate of drug-likeness (QED) is 0.889. The van der Waals surface area contributed by atoms with Crippen LogP contribution >= 0.6 is 0 Å². The molecule has 2 aromatic rings. The van der Waals surface area contributed by atoms with Gasteiger partial charge in [0.05, 0.1) is 0 Å². The third-order valence-corrected chi connectivity index (χ3v) is 2.46. The third-order valence-electron chi connectivity index (χ3n) is 2.46. The number of nitrogens with one attached hydrogen (secondary N) is 1. The van der Waals surface area contributed by atoms with E-state index in [1.165, 1.54) is 18.2 Å². The number of halogens is 2. The Morgan fingerprint density at radius 2 is 1.76 bits per heavy atom. The summed E-state index contributed by atoms with van der Waals surface area (Å²) in [6, 6.07) is 14.6. The Balaban J connectivity index is 1.87. The fourth-order valence-corrected chi connectivity index (χ4v) is 1.61. The Labute approximate surface area is 120 Å². The second-order valence-corrected chi connectivity index (χ2v) is 4.06. The summed E-state index contributed by atoms with van der Waals surface area (Å²) in [4.78, 5) is 11.7. The average molecular weight is 293 g/mol. The largest absolute Gasteiger partial charge is 0.484 e. The van der Waals surface area contributed by atoms with Crippen LogP contribution in [0.25, 0.3) is 0 Å². The van der Waals surface area contributed by atoms with Crippen LogP contribution < -0.4 is 14.8 Å². The van der Waals surface area contributed by atoms with Gasteiger partial charge in [-0.3, -0.25) is 4.79 Å². The van der Waals surface area contributed by atoms with Crippen molar-refractivity contribution in [1.29, 1.82) is 0 Å². The second kappa shape index (κ2) is 7.23. The Bertz CT molecular complexity index is 590. The normalized spacial score (nSPS) is 10.2. The fourth-order valence-electron chi connectivity index (χ4n) is 1.61. The summed E-state index contributed by atoms with van der Waals surface area (Å²) < 4.78 is 33.7. The molecule has 2 aromatic carbocycles. The molecule has 2 rings (SSSR count). The molecule has 1 N–H and O–H groups in total. The highest BCUT2D eigenvalue weighted by atomic mass is 19.3. The van der Waals surface area contributed by atoms with Crippen molar-refractivity contribution in [2.24, 2.45) is 0 Å². The van der Waals surface area contributed by atoms with E-state index in [-0.39, 0.29) is 12.4 Å². The monoisotopic (exact) mass is 293 g/mol. The number of carbonyl (C=O) groups excluding carboxylic acids is 1. The van der Waals surface area contributed by atoms with Crippen molar-refractivity contribution in [1.82, 2.24) is 0 Å². The lowest BCUT2D eigenvalue weighted by Gasteiger charge is -2.09. The Morgan fingerprint density at radius 3 is 2.48 bits per heavy atom. The van der Waals surface area contributed by atoms with E-state index in [0.29, 0.717) is 11.4 Å². The topological polar surface area (TPSA) is 47.6 Å². The van der Waals surface area contributed by atoms with Crippen molar-refractivity contribution in [2.75, 3.05) is 11.9 Å². The average Bonchev–Trinajstić information content (AvgIpc) is 2.46. The molecule has 0 saturated carbocycles. The Hall–Kier alpha value is -2.63. The number of hydrogen-bond acceptors (Lipinski definition) is 3. The minimum Gasteiger partial charge on any atom is -0.484 e. The first-order valence-corrected chi connectivity index (χ1v) is 6.16. The lowest BCUT2D eigenvalue weighted by atomic mass is 10.3. The molecule has 21 heavy (non-hydrogen) atoms. The van der Waals surface area contributed by atoms with Crippen molar-refractivity contribution in [3.8, 4) is 11.5 Å². The number of benzene rings is 2. The summed E-state index contributed by atoms with van der Waals surface area (Å²) in [5, 5.41) is 2.54. The highest BCUT2D eigenvalue weighted by Gasteiger charge is 2.07. The molecule has 0 spiro atoms. The molecule has 0 bridgehead atoms. The molecule has 0 aliphatic rings. The van der Waals surface area contributed by atoms with Crippen LogP contribution in [0.2, 0.25) is 0 Å². The van der Waals surface area contributed by atoms with E-state index in [1.54, 1.807) is 30.3 Å². The maximum absolute atomic E-state index is 12.1. The Kier molecular flexibility index (Phi) is 5.09. The molecule has 0 aromatic heterocycles. The van der Waals surface area contributed by atoms with E-state index in [0.717, 1.165) is 0 Å². The molecule has 0 saturated heterocycles. The molecule has 110 valence electrons. The minimum atomic E-state index is -2.91. The molecule has 0 heterocycles. The van der Waals surface area contributed by atoms with Gasteiger partial charge in [0.25, 0.3) is 5.91 Å². The minimum absolute atomic E-state index is 0.0215. The highest BCUT2D eigenvalue weighted by molar-refractivity contribution is 5.92. The van der Waals surface area contributed by atoms with E-state index < -0.39 is 12.5 Å². The first-order chi connectivity index (χ1) is 10.1. The molecule has 0 fully saturated rings. The molecular formula is C15H13F2NO3. The van der Waals surface area contributed by atoms with Crippen LogP contribution in [0.5, 0.6) is 11.5 Å². The van der Waals surface area contributed by atoms with Gasteiger partial charge in [0.1, 0.15) is 11.5 Å². The predicted octanol–water partition coefficient (Wildman–Crippen LogP) is 3.31. The number of hydrogen-bond donors (Lipinski definition) is 1. The summed E-state index contributed by atoms with van der Waals surface area (Å²) in [5.74, 6) is 0.155. The lowest BCUT2D eigenvalue weighted by molar-refractivity contribution is -0.118. The molecule has 0 unspecified atom stereocenters. The summed E-state index contributed by atoms with van der Waals surface area (Å²) in [6.07, 6.45) is 0. The molecular weight excluding hydrogens is 280 g/mol. The van der Waals surface area contributed by atoms with Crippen LogP contribution in [0.1, 0.15) is 0 Å². The van der Waals surface area contributed by atoms with Crippen LogP contribution in [0, 0.1) is 0 Å². The molecule has 1 amide bonds. The number of carbonyl (C=O) groups is 1. The van der Waals surface area contributed by atoms with Gasteiger partial charge < -0.3 is 14.8 Å². The zero-order valence-corrected chi connectivity index (χ0v) is 11.0. The zero-order chi connectivity index (χ0) is 15.1. The van der Waals surface area contributed by atoms with Gasteiger partial charge >= 0.3 is 6.61 Å². The smallest absolute Gasteiger partial charge is 0.387 e. The van der Waals surface area contributed by atoms with E-state index in [4.69, 9.17) is 4.74 Å². The van der Waals surface area contributed by atoms with Crippen LogP contribution in [0.4, 0.5) is 14.5 Å². The summed E-state index contributed by atoms with van der Waals surface area (Å²) in [6.45, 7) is -3.08. The second-order valence-electron chi connectivity index (χ2n) is 4.06. The molecule has 4 nitrogen and oxygen atoms in total. The van der Waals surface area contributed by atoms with Crippen molar-refractivity contribution < 1.29 is 23.0 Å². The highest BCUT2D eigenvalue weighted by Crippen LogP contribution is 2.19. The van der Waals surface area contributed by atoms with Gasteiger partial charge in [0.15, 0.2) is 6.61 Å². The standard InChI is InChI=1S/C15H13F2NO3/c16-15(17)21-13-8-4-5-11(9-13)18-14(19)10-20-12-6-2-1-3-7-12/h1-9,15H,10H2,(H,18,19). The van der Waals surface area contributed by atoms with Crippen LogP contribution in [-0.2, 0) is 4.79 Å². The predicted molar refractivity (Wildman–Crippen MR) is 73.6 cm³/mol. The molecule has 0 aliphatic heterocycles. The number of amides is 1. The lowest BCUT2D eigenvalue weighted by Crippen LogP contribution is -2.20. The number of alkyl halides is 2. The van der Waals surface area contributed by atoms with Gasteiger partial charge in [-0.15, -0.1) is 0 Å². The molecule has 6 heteroatoms. The van der Waals surface area contributed by atoms with Crippen molar-refractivity contribution in [3.05, 3.63) is 54.6 Å². The Morgan fingerprint density at radius 1 is 1.05 bits per heavy atom. The third kappa shape index (κ3) is 5.10. The number of ether oxygens (including phenoxy) is 2. The van der Waals surface area contributed by atoms with Gasteiger partial charge in [-0.1, -0.05) is 24.3 Å². The van der Waals surface area contributed by atoms with Crippen LogP contribution in [-0.4, -0.2) is 19.1 Å². The van der Waals surface area contributed by atoms with Crippen molar-refractivity contribution in [2.45, 2.75) is 6.61 Å². The SMILES string of the molecule is O=C(COc1ccccc1)Nc1cccc(OC(F)F)c1. The molecule has 0 radical (unpaired) electrons. The summed E-state index contributed by atoms with van der Waals surface area (Å²) in [7, 11) is 0. The van der Waals surface area contributed by atoms with Crippen molar-refractivity contribution >= 4 is 11.6 Å². The maximum Gasteiger partial charge on any atom is 0.387 e. The number of anilines is 1. The number of rotatable bonds is 6. The van der Waals surface area contributed by atoms with E-state index in [9.17, 15) is 13.6 Å². The van der Waals surface area contributed by atoms with E-state index in [2.05, 4.69) is 10.1 Å². The molecule has 0 atom stereocenters. The first kappa shape index (κ1) is 14.8. The maximum atomic E-state index is 12.1. The van der Waals surface area contributed by atoms with Gasteiger partial charge in [-0.05, 0) is 24.3 Å². The molecule has 0 aliphatic carbocycles. The van der Waals surface area contributed by atoms with Crippen LogP contribution in [0.3, 0.4) is 0 Å². The fraction of sp³-hybridized carbons (Fsp3) is 0.133. The summed E-state index contributed by atoms with van der Waals surface area (Å²) >= 11 is 0. The first-order valence-electron chi connectivity index (χ1n) is 6.16. The number of para-hydroxylation sites is 1. The zero-order valence-electron chi connectivity index (χ0n) is 11.0. The van der Waals surface area contributed by atoms with Gasteiger partial charge in [0, 0.05) is 11.8 Å². The van der Waals surface area contributed by atoms with E-state index >= 15 is 0 Å². The van der Waals surface area contributed by atoms with Crippen LogP contribution in [0.15, 0.2) is 54.6 Å². The van der Waals surface area contributed by atoms with Gasteiger partial charge in [-0.25, -0.2) is 0 Å².